The normalized spacial score (nSPS) is 10.5. The number of carboxylic acid groups (broad SMARTS) is 1. The van der Waals surface area contributed by atoms with Crippen molar-refractivity contribution in [3.63, 3.8) is 0 Å². The average molecular weight is 169 g/mol. The molecule has 2 N–H and O–H groups in total. The molecule has 12 heavy (non-hydrogen) atoms. The summed E-state index contributed by atoms with van der Waals surface area (Å²) in [6, 6.07) is 1.82. The van der Waals surface area contributed by atoms with Crippen molar-refractivity contribution in [1.82, 2.24) is 15.1 Å². The fourth-order valence-electron chi connectivity index (χ4n) is 0.950. The van der Waals surface area contributed by atoms with Crippen LogP contribution in [0.5, 0.6) is 0 Å². The van der Waals surface area contributed by atoms with E-state index in [1.54, 1.807) is 18.1 Å². The van der Waals surface area contributed by atoms with Gasteiger partial charge in [0.1, 0.15) is 0 Å². The first-order valence-electron chi connectivity index (χ1n) is 3.57. The maximum Gasteiger partial charge on any atom is 0.317 e. The van der Waals surface area contributed by atoms with Gasteiger partial charge in [-0.25, -0.2) is 0 Å². The minimum Gasteiger partial charge on any atom is -0.480 e. The van der Waals surface area contributed by atoms with Gasteiger partial charge in [-0.3, -0.25) is 14.8 Å². The van der Waals surface area contributed by atoms with Crippen LogP contribution in [0.25, 0.3) is 0 Å². The van der Waals surface area contributed by atoms with Gasteiger partial charge in [-0.1, -0.05) is 0 Å². The summed E-state index contributed by atoms with van der Waals surface area (Å²) in [7, 11) is 1.74. The molecule has 1 rings (SSSR count). The highest BCUT2D eigenvalue weighted by Gasteiger charge is 2.04. The summed E-state index contributed by atoms with van der Waals surface area (Å²) < 4.78 is 0. The fraction of sp³-hybridized carbons (Fsp3) is 0.429. The number of aromatic amines is 1. The van der Waals surface area contributed by atoms with Crippen LogP contribution in [-0.4, -0.2) is 39.8 Å². The largest absolute Gasteiger partial charge is 0.480 e. The number of aliphatic carboxylic acids is 1. The van der Waals surface area contributed by atoms with E-state index < -0.39 is 5.97 Å². The summed E-state index contributed by atoms with van der Waals surface area (Å²) in [6.45, 7) is 0.616. The number of carbonyl (C=O) groups is 1. The topological polar surface area (TPSA) is 69.2 Å². The molecule has 5 heteroatoms. The number of H-pyrrole nitrogens is 1. The van der Waals surface area contributed by atoms with Crippen LogP contribution in [0, 0.1) is 0 Å². The molecular formula is C7H11N3O2. The van der Waals surface area contributed by atoms with Gasteiger partial charge in [0.25, 0.3) is 0 Å². The number of carboxylic acids is 1. The summed E-state index contributed by atoms with van der Waals surface area (Å²) in [5.74, 6) is -0.822. The van der Waals surface area contributed by atoms with Crippen LogP contribution in [0.4, 0.5) is 0 Å². The zero-order valence-corrected chi connectivity index (χ0v) is 6.82. The van der Waals surface area contributed by atoms with Gasteiger partial charge in [-0.2, -0.15) is 5.10 Å². The predicted octanol–water partition coefficient (Wildman–Crippen LogP) is -0.0739. The van der Waals surface area contributed by atoms with Crippen molar-refractivity contribution in [3.05, 3.63) is 18.0 Å². The molecule has 0 fully saturated rings. The van der Waals surface area contributed by atoms with Crippen molar-refractivity contribution in [2.45, 2.75) is 6.54 Å². The van der Waals surface area contributed by atoms with E-state index in [1.807, 2.05) is 6.07 Å². The Balaban J connectivity index is 2.36. The summed E-state index contributed by atoms with van der Waals surface area (Å²) >= 11 is 0. The monoisotopic (exact) mass is 169 g/mol. The molecule has 0 unspecified atom stereocenters. The lowest BCUT2D eigenvalue weighted by Crippen LogP contribution is -2.25. The first-order valence-corrected chi connectivity index (χ1v) is 3.57. The molecular weight excluding hydrogens is 158 g/mol. The van der Waals surface area contributed by atoms with Gasteiger partial charge in [0.05, 0.1) is 6.54 Å². The third-order valence-electron chi connectivity index (χ3n) is 1.40. The molecule has 1 heterocycles. The molecule has 0 saturated carbocycles. The van der Waals surface area contributed by atoms with Gasteiger partial charge in [0, 0.05) is 18.4 Å². The van der Waals surface area contributed by atoms with Crippen LogP contribution in [0.3, 0.4) is 0 Å². The molecule has 0 saturated heterocycles. The average Bonchev–Trinajstić information content (AvgIpc) is 2.37. The number of hydrogen-bond donors (Lipinski definition) is 2. The SMILES string of the molecule is CN(CC(=O)O)Cc1ccn[nH]1. The smallest absolute Gasteiger partial charge is 0.317 e. The van der Waals surface area contributed by atoms with Gasteiger partial charge in [-0.15, -0.1) is 0 Å². The Hall–Kier alpha value is -1.36. The minimum absolute atomic E-state index is 0.0407. The Morgan fingerprint density at radius 1 is 1.83 bits per heavy atom. The van der Waals surface area contributed by atoms with Crippen molar-refractivity contribution in [1.29, 1.82) is 0 Å². The van der Waals surface area contributed by atoms with Crippen molar-refractivity contribution < 1.29 is 9.90 Å². The van der Waals surface area contributed by atoms with E-state index in [0.29, 0.717) is 6.54 Å². The van der Waals surface area contributed by atoms with Crippen LogP contribution in [-0.2, 0) is 11.3 Å². The molecule has 1 aromatic heterocycles. The predicted molar refractivity (Wildman–Crippen MR) is 42.6 cm³/mol. The second-order valence-corrected chi connectivity index (χ2v) is 2.65. The van der Waals surface area contributed by atoms with Gasteiger partial charge in [-0.05, 0) is 13.1 Å². The van der Waals surface area contributed by atoms with Gasteiger partial charge in [0.2, 0.25) is 0 Å². The standard InChI is InChI=1S/C7H11N3O2/c1-10(5-7(11)12)4-6-2-3-8-9-6/h2-3H,4-5H2,1H3,(H,8,9)(H,11,12). The third-order valence-corrected chi connectivity index (χ3v) is 1.40. The number of nitrogens with one attached hydrogen (secondary N) is 1. The molecule has 0 radical (unpaired) electrons. The number of likely N-dealkylation sites (N-methyl/N-ethyl adjacent to an activating group) is 1. The molecule has 1 aromatic rings. The number of aromatic nitrogens is 2. The number of hydrogen-bond acceptors (Lipinski definition) is 3. The van der Waals surface area contributed by atoms with Crippen molar-refractivity contribution in [3.8, 4) is 0 Å². The van der Waals surface area contributed by atoms with Crippen molar-refractivity contribution >= 4 is 5.97 Å². The van der Waals surface area contributed by atoms with E-state index in [0.717, 1.165) is 5.69 Å². The second kappa shape index (κ2) is 3.87. The molecule has 0 amide bonds. The third kappa shape index (κ3) is 2.71. The van der Waals surface area contributed by atoms with Crippen molar-refractivity contribution in [2.24, 2.45) is 0 Å². The quantitative estimate of drug-likeness (QED) is 0.661. The van der Waals surface area contributed by atoms with Crippen LogP contribution in [0.15, 0.2) is 12.3 Å². The van der Waals surface area contributed by atoms with Crippen molar-refractivity contribution in [2.75, 3.05) is 13.6 Å². The first-order chi connectivity index (χ1) is 5.68. The number of rotatable bonds is 4. The highest BCUT2D eigenvalue weighted by atomic mass is 16.4. The van der Waals surface area contributed by atoms with Gasteiger partial charge >= 0.3 is 5.97 Å². The van der Waals surface area contributed by atoms with E-state index in [9.17, 15) is 4.79 Å². The van der Waals surface area contributed by atoms with Gasteiger partial charge in [0.15, 0.2) is 0 Å². The van der Waals surface area contributed by atoms with Crippen LogP contribution >= 0.6 is 0 Å². The molecule has 0 aliphatic heterocycles. The van der Waals surface area contributed by atoms with E-state index in [-0.39, 0.29) is 6.54 Å². The summed E-state index contributed by atoms with van der Waals surface area (Å²) in [5, 5.41) is 15.0. The van der Waals surface area contributed by atoms with E-state index in [1.165, 1.54) is 0 Å². The Labute approximate surface area is 70.0 Å². The minimum atomic E-state index is -0.822. The molecule has 0 aromatic carbocycles. The van der Waals surface area contributed by atoms with Crippen LogP contribution in [0.2, 0.25) is 0 Å². The zero-order valence-electron chi connectivity index (χ0n) is 6.82. The molecule has 5 nitrogen and oxygen atoms in total. The lowest BCUT2D eigenvalue weighted by molar-refractivity contribution is -0.138. The fourth-order valence-corrected chi connectivity index (χ4v) is 0.950. The summed E-state index contributed by atoms with van der Waals surface area (Å²) in [5.41, 5.74) is 0.916. The maximum absolute atomic E-state index is 10.3. The lowest BCUT2D eigenvalue weighted by Gasteiger charge is -2.11. The second-order valence-electron chi connectivity index (χ2n) is 2.65. The molecule has 0 aliphatic carbocycles. The Morgan fingerprint density at radius 3 is 3.08 bits per heavy atom. The number of nitrogens with zero attached hydrogens (tertiary/aromatic N) is 2. The van der Waals surface area contributed by atoms with E-state index >= 15 is 0 Å². The summed E-state index contributed by atoms with van der Waals surface area (Å²) in [6.07, 6.45) is 1.64. The zero-order chi connectivity index (χ0) is 8.97. The van der Waals surface area contributed by atoms with Gasteiger partial charge < -0.3 is 5.11 Å². The first kappa shape index (κ1) is 8.73. The molecule has 0 atom stereocenters. The Bertz CT molecular complexity index is 245. The lowest BCUT2D eigenvalue weighted by atomic mass is 10.4. The Kier molecular flexibility index (Phi) is 2.82. The van der Waals surface area contributed by atoms with E-state index in [2.05, 4.69) is 10.2 Å². The molecule has 0 bridgehead atoms. The molecule has 66 valence electrons. The molecule has 0 aliphatic rings. The molecule has 0 spiro atoms. The highest BCUT2D eigenvalue weighted by molar-refractivity contribution is 5.68. The van der Waals surface area contributed by atoms with Crippen LogP contribution < -0.4 is 0 Å². The van der Waals surface area contributed by atoms with Crippen LogP contribution in [0.1, 0.15) is 5.69 Å². The highest BCUT2D eigenvalue weighted by Crippen LogP contribution is 1.96. The Morgan fingerprint density at radius 2 is 2.58 bits per heavy atom. The van der Waals surface area contributed by atoms with E-state index in [4.69, 9.17) is 5.11 Å². The maximum atomic E-state index is 10.3. The summed E-state index contributed by atoms with van der Waals surface area (Å²) in [4.78, 5) is 12.0.